The number of nitrogens with zero attached hydrogens (tertiary/aromatic N) is 3. The Morgan fingerprint density at radius 3 is 2.85 bits per heavy atom. The van der Waals surface area contributed by atoms with Crippen LogP contribution in [-0.4, -0.2) is 33.8 Å². The number of rotatable bonds is 8. The molecule has 0 saturated heterocycles. The number of carbonyl (C=O) groups is 1. The van der Waals surface area contributed by atoms with Crippen LogP contribution in [0.5, 0.6) is 5.75 Å². The SMILES string of the molecule is CCOC(=O)CCc1c[nH]c2cc(-c3noc(-c4ccc(OC(C)C)c(C#N)c4)n3)c(F)cc12. The third kappa shape index (κ3) is 4.76. The molecule has 8 nitrogen and oxygen atoms in total. The molecule has 0 aliphatic carbocycles. The van der Waals surface area contributed by atoms with Gasteiger partial charge in [0.05, 0.1) is 23.8 Å². The largest absolute Gasteiger partial charge is 0.490 e. The summed E-state index contributed by atoms with van der Waals surface area (Å²) in [4.78, 5) is 19.1. The second kappa shape index (κ2) is 9.75. The highest BCUT2D eigenvalue weighted by Crippen LogP contribution is 2.31. The quantitative estimate of drug-likeness (QED) is 0.359. The third-order valence-electron chi connectivity index (χ3n) is 5.14. The van der Waals surface area contributed by atoms with E-state index in [1.807, 2.05) is 13.8 Å². The van der Waals surface area contributed by atoms with Crippen LogP contribution in [0.3, 0.4) is 0 Å². The maximum atomic E-state index is 15.0. The van der Waals surface area contributed by atoms with Crippen molar-refractivity contribution in [3.05, 3.63) is 53.5 Å². The Morgan fingerprint density at radius 1 is 1.29 bits per heavy atom. The molecule has 0 amide bonds. The number of nitriles is 1. The zero-order valence-electron chi connectivity index (χ0n) is 19.0. The van der Waals surface area contributed by atoms with E-state index < -0.39 is 5.82 Å². The van der Waals surface area contributed by atoms with Gasteiger partial charge in [0.2, 0.25) is 5.82 Å². The minimum atomic E-state index is -0.518. The Kier molecular flexibility index (Phi) is 6.59. The van der Waals surface area contributed by atoms with Crippen LogP contribution >= 0.6 is 0 Å². The van der Waals surface area contributed by atoms with Crippen LogP contribution in [0.4, 0.5) is 4.39 Å². The Labute approximate surface area is 195 Å². The van der Waals surface area contributed by atoms with E-state index in [1.54, 1.807) is 37.4 Å². The van der Waals surface area contributed by atoms with Crippen molar-refractivity contribution >= 4 is 16.9 Å². The van der Waals surface area contributed by atoms with Gasteiger partial charge in [0.1, 0.15) is 17.6 Å². The van der Waals surface area contributed by atoms with E-state index >= 15 is 4.39 Å². The van der Waals surface area contributed by atoms with Crippen molar-refractivity contribution in [3.8, 4) is 34.7 Å². The van der Waals surface area contributed by atoms with E-state index in [0.29, 0.717) is 40.8 Å². The summed E-state index contributed by atoms with van der Waals surface area (Å²) in [5.41, 5.74) is 2.52. The Hall–Kier alpha value is -4.19. The van der Waals surface area contributed by atoms with Gasteiger partial charge in [-0.15, -0.1) is 0 Å². The molecule has 4 aromatic rings. The minimum Gasteiger partial charge on any atom is -0.490 e. The molecule has 0 fully saturated rings. The van der Waals surface area contributed by atoms with Gasteiger partial charge in [-0.2, -0.15) is 10.2 Å². The second-order valence-electron chi connectivity index (χ2n) is 7.91. The molecular formula is C25H23FN4O4. The average Bonchev–Trinajstić information content (AvgIpc) is 3.44. The molecular weight excluding hydrogens is 439 g/mol. The summed E-state index contributed by atoms with van der Waals surface area (Å²) in [7, 11) is 0. The van der Waals surface area contributed by atoms with Crippen LogP contribution in [0.2, 0.25) is 0 Å². The molecule has 0 aliphatic heterocycles. The van der Waals surface area contributed by atoms with E-state index in [-0.39, 0.29) is 35.8 Å². The highest BCUT2D eigenvalue weighted by Gasteiger charge is 2.18. The number of H-pyrrole nitrogens is 1. The number of aryl methyl sites for hydroxylation is 1. The van der Waals surface area contributed by atoms with Crippen molar-refractivity contribution in [2.24, 2.45) is 0 Å². The van der Waals surface area contributed by atoms with Gasteiger partial charge in [0.25, 0.3) is 5.89 Å². The lowest BCUT2D eigenvalue weighted by molar-refractivity contribution is -0.143. The highest BCUT2D eigenvalue weighted by molar-refractivity contribution is 5.87. The summed E-state index contributed by atoms with van der Waals surface area (Å²) in [6, 6.07) is 10.1. The van der Waals surface area contributed by atoms with Gasteiger partial charge in [-0.25, -0.2) is 4.39 Å². The summed E-state index contributed by atoms with van der Waals surface area (Å²) in [6.45, 7) is 5.82. The number of aromatic amines is 1. The number of nitrogens with one attached hydrogen (secondary N) is 1. The van der Waals surface area contributed by atoms with Crippen molar-refractivity contribution in [2.75, 3.05) is 6.61 Å². The first-order chi connectivity index (χ1) is 16.4. The molecule has 9 heteroatoms. The number of hydrogen-bond acceptors (Lipinski definition) is 7. The lowest BCUT2D eigenvalue weighted by Gasteiger charge is -2.11. The lowest BCUT2D eigenvalue weighted by Crippen LogP contribution is -2.06. The summed E-state index contributed by atoms with van der Waals surface area (Å²) < 4.78 is 30.9. The fourth-order valence-corrected chi connectivity index (χ4v) is 3.61. The summed E-state index contributed by atoms with van der Waals surface area (Å²) in [5, 5.41) is 14.0. The standard InChI is InChI=1S/C25H23FN4O4/c1-4-32-23(31)8-6-16-13-28-21-11-19(20(26)10-18(16)21)24-29-25(34-30-24)15-5-7-22(33-14(2)3)17(9-15)12-27/h5,7,9-11,13-14,28H,4,6,8H2,1-3H3. The van der Waals surface area contributed by atoms with Crippen molar-refractivity contribution < 1.29 is 23.2 Å². The molecule has 0 atom stereocenters. The number of halogens is 1. The summed E-state index contributed by atoms with van der Waals surface area (Å²) in [5.74, 6) is -0.114. The van der Waals surface area contributed by atoms with Crippen LogP contribution in [0.1, 0.15) is 38.3 Å². The number of hydrogen-bond donors (Lipinski definition) is 1. The van der Waals surface area contributed by atoms with E-state index in [4.69, 9.17) is 14.0 Å². The molecule has 2 heterocycles. The first-order valence-electron chi connectivity index (χ1n) is 10.9. The summed E-state index contributed by atoms with van der Waals surface area (Å²) >= 11 is 0. The fraction of sp³-hybridized carbons (Fsp3) is 0.280. The molecule has 4 rings (SSSR count). The molecule has 2 aromatic carbocycles. The van der Waals surface area contributed by atoms with Gasteiger partial charge >= 0.3 is 5.97 Å². The Balaban J connectivity index is 1.60. The summed E-state index contributed by atoms with van der Waals surface area (Å²) in [6.07, 6.45) is 2.31. The predicted octanol–water partition coefficient (Wildman–Crippen LogP) is 5.18. The highest BCUT2D eigenvalue weighted by atomic mass is 19.1. The maximum absolute atomic E-state index is 15.0. The number of aromatic nitrogens is 3. The van der Waals surface area contributed by atoms with Crippen LogP contribution < -0.4 is 4.74 Å². The fourth-order valence-electron chi connectivity index (χ4n) is 3.61. The van der Waals surface area contributed by atoms with Crippen LogP contribution in [-0.2, 0) is 16.0 Å². The van der Waals surface area contributed by atoms with Gasteiger partial charge < -0.3 is 19.0 Å². The first kappa shape index (κ1) is 23.0. The van der Waals surface area contributed by atoms with Gasteiger partial charge in [0, 0.05) is 29.1 Å². The number of fused-ring (bicyclic) bond motifs is 1. The smallest absolute Gasteiger partial charge is 0.306 e. The van der Waals surface area contributed by atoms with E-state index in [0.717, 1.165) is 5.56 Å². The van der Waals surface area contributed by atoms with Gasteiger partial charge in [0.15, 0.2) is 0 Å². The Morgan fingerprint density at radius 2 is 2.12 bits per heavy atom. The average molecular weight is 462 g/mol. The van der Waals surface area contributed by atoms with Crippen LogP contribution in [0.15, 0.2) is 41.1 Å². The molecule has 0 saturated carbocycles. The van der Waals surface area contributed by atoms with Crippen LogP contribution in [0, 0.1) is 17.1 Å². The second-order valence-corrected chi connectivity index (χ2v) is 7.91. The molecule has 0 radical (unpaired) electrons. The molecule has 174 valence electrons. The van der Waals surface area contributed by atoms with Crippen LogP contribution in [0.25, 0.3) is 33.7 Å². The molecule has 2 aromatic heterocycles. The zero-order chi connectivity index (χ0) is 24.2. The van der Waals surface area contributed by atoms with Gasteiger partial charge in [-0.3, -0.25) is 4.79 Å². The number of ether oxygens (including phenoxy) is 2. The topological polar surface area (TPSA) is 114 Å². The maximum Gasteiger partial charge on any atom is 0.306 e. The number of benzene rings is 2. The van der Waals surface area contributed by atoms with Gasteiger partial charge in [-0.1, -0.05) is 5.16 Å². The monoisotopic (exact) mass is 462 g/mol. The van der Waals surface area contributed by atoms with E-state index in [2.05, 4.69) is 21.2 Å². The lowest BCUT2D eigenvalue weighted by atomic mass is 10.1. The predicted molar refractivity (Wildman–Crippen MR) is 122 cm³/mol. The van der Waals surface area contributed by atoms with Crippen molar-refractivity contribution in [1.82, 2.24) is 15.1 Å². The first-order valence-corrected chi connectivity index (χ1v) is 10.9. The molecule has 0 aliphatic rings. The number of esters is 1. The van der Waals surface area contributed by atoms with E-state index in [9.17, 15) is 10.1 Å². The third-order valence-corrected chi connectivity index (χ3v) is 5.14. The number of carbonyl (C=O) groups excluding carboxylic acids is 1. The van der Waals surface area contributed by atoms with Crippen molar-refractivity contribution in [1.29, 1.82) is 5.26 Å². The van der Waals surface area contributed by atoms with Crippen molar-refractivity contribution in [2.45, 2.75) is 39.7 Å². The van der Waals surface area contributed by atoms with E-state index in [1.165, 1.54) is 6.07 Å². The zero-order valence-corrected chi connectivity index (χ0v) is 19.0. The Bertz CT molecular complexity index is 1380. The minimum absolute atomic E-state index is 0.0791. The molecule has 0 unspecified atom stereocenters. The molecule has 0 spiro atoms. The normalized spacial score (nSPS) is 11.1. The molecule has 1 N–H and O–H groups in total. The molecule has 0 bridgehead atoms. The van der Waals surface area contributed by atoms with Gasteiger partial charge in [-0.05, 0) is 63.1 Å². The molecule has 34 heavy (non-hydrogen) atoms. The van der Waals surface area contributed by atoms with Crippen molar-refractivity contribution in [3.63, 3.8) is 0 Å².